The Labute approximate surface area is 164 Å². The van der Waals surface area contributed by atoms with E-state index in [-0.39, 0.29) is 5.91 Å². The van der Waals surface area contributed by atoms with Gasteiger partial charge in [-0.2, -0.15) is 0 Å². The first-order valence-corrected chi connectivity index (χ1v) is 9.59. The Morgan fingerprint density at radius 2 is 1.46 bits per heavy atom. The highest BCUT2D eigenvalue weighted by Crippen LogP contribution is 2.24. The summed E-state index contributed by atoms with van der Waals surface area (Å²) in [5.41, 5.74) is 3.56. The fourth-order valence-corrected chi connectivity index (χ4v) is 3.34. The molecule has 0 unspecified atom stereocenters. The predicted molar refractivity (Wildman–Crippen MR) is 108 cm³/mol. The fourth-order valence-electron chi connectivity index (χ4n) is 3.34. The molecule has 3 aromatic rings. The summed E-state index contributed by atoms with van der Waals surface area (Å²) in [7, 11) is 2.10. The summed E-state index contributed by atoms with van der Waals surface area (Å²) in [6.07, 6.45) is 1.00. The Morgan fingerprint density at radius 3 is 2.11 bits per heavy atom. The van der Waals surface area contributed by atoms with Crippen LogP contribution < -0.4 is 0 Å². The molecule has 4 rings (SSSR count). The van der Waals surface area contributed by atoms with Gasteiger partial charge in [0, 0.05) is 36.3 Å². The van der Waals surface area contributed by atoms with Crippen LogP contribution >= 0.6 is 0 Å². The molecule has 2 heterocycles. The number of amides is 1. The molecule has 0 N–H and O–H groups in total. The first-order valence-electron chi connectivity index (χ1n) is 9.59. The first kappa shape index (κ1) is 18.4. The molecule has 0 radical (unpaired) electrons. The molecule has 6 heteroatoms. The van der Waals surface area contributed by atoms with E-state index >= 15 is 0 Å². The van der Waals surface area contributed by atoms with Crippen LogP contribution in [0.4, 0.5) is 0 Å². The second-order valence-corrected chi connectivity index (χ2v) is 7.30. The van der Waals surface area contributed by atoms with E-state index in [4.69, 9.17) is 4.42 Å². The van der Waals surface area contributed by atoms with Crippen LogP contribution in [0.15, 0.2) is 52.9 Å². The minimum atomic E-state index is 0.0766. The van der Waals surface area contributed by atoms with Gasteiger partial charge >= 0.3 is 0 Å². The quantitative estimate of drug-likeness (QED) is 0.700. The lowest BCUT2D eigenvalue weighted by Gasteiger charge is -2.20. The molecule has 1 aliphatic rings. The highest BCUT2D eigenvalue weighted by atomic mass is 16.4. The number of carbonyl (C=O) groups is 1. The van der Waals surface area contributed by atoms with Gasteiger partial charge in [0.1, 0.15) is 0 Å². The van der Waals surface area contributed by atoms with Gasteiger partial charge in [0.15, 0.2) is 0 Å². The number of likely N-dealkylation sites (N-methyl/N-ethyl adjacent to an activating group) is 1. The third kappa shape index (κ3) is 3.97. The molecule has 0 aliphatic carbocycles. The van der Waals surface area contributed by atoms with E-state index < -0.39 is 0 Å². The molecule has 0 saturated carbocycles. The molecule has 144 valence electrons. The second kappa shape index (κ2) is 7.94. The second-order valence-electron chi connectivity index (χ2n) is 7.30. The van der Waals surface area contributed by atoms with Crippen molar-refractivity contribution in [2.24, 2.45) is 0 Å². The highest BCUT2D eigenvalue weighted by molar-refractivity contribution is 5.94. The summed E-state index contributed by atoms with van der Waals surface area (Å²) < 4.78 is 5.82. The first-order chi connectivity index (χ1) is 13.6. The van der Waals surface area contributed by atoms with Crippen molar-refractivity contribution in [2.75, 3.05) is 33.2 Å². The molecule has 0 bridgehead atoms. The van der Waals surface area contributed by atoms with Gasteiger partial charge < -0.3 is 14.2 Å². The van der Waals surface area contributed by atoms with Crippen LogP contribution in [0.25, 0.3) is 22.9 Å². The van der Waals surface area contributed by atoms with Crippen molar-refractivity contribution in [2.45, 2.75) is 13.3 Å². The molecule has 0 atom stereocenters. The van der Waals surface area contributed by atoms with Gasteiger partial charge in [-0.1, -0.05) is 17.7 Å². The van der Waals surface area contributed by atoms with Crippen LogP contribution in [0, 0.1) is 6.92 Å². The van der Waals surface area contributed by atoms with Crippen molar-refractivity contribution in [3.63, 3.8) is 0 Å². The number of benzene rings is 2. The number of hydrogen-bond acceptors (Lipinski definition) is 5. The normalized spacial score (nSPS) is 15.4. The maximum absolute atomic E-state index is 12.8. The van der Waals surface area contributed by atoms with E-state index in [2.05, 4.69) is 22.1 Å². The summed E-state index contributed by atoms with van der Waals surface area (Å²) >= 11 is 0. The van der Waals surface area contributed by atoms with E-state index in [9.17, 15) is 4.79 Å². The average molecular weight is 376 g/mol. The summed E-state index contributed by atoms with van der Waals surface area (Å²) in [6, 6.07) is 15.4. The predicted octanol–water partition coefficient (Wildman–Crippen LogP) is 3.49. The SMILES string of the molecule is Cc1ccc(-c2nnc(-c3ccc(C(=O)N4CCCN(C)CC4)cc3)o2)cc1. The zero-order chi connectivity index (χ0) is 19.5. The molecular weight excluding hydrogens is 352 g/mol. The zero-order valence-corrected chi connectivity index (χ0v) is 16.3. The summed E-state index contributed by atoms with van der Waals surface area (Å²) in [4.78, 5) is 17.0. The van der Waals surface area contributed by atoms with Crippen LogP contribution in [-0.4, -0.2) is 59.1 Å². The lowest BCUT2D eigenvalue weighted by atomic mass is 10.1. The molecule has 2 aromatic carbocycles. The van der Waals surface area contributed by atoms with Crippen molar-refractivity contribution < 1.29 is 9.21 Å². The molecule has 1 saturated heterocycles. The van der Waals surface area contributed by atoms with E-state index in [1.807, 2.05) is 60.4 Å². The van der Waals surface area contributed by atoms with Crippen molar-refractivity contribution in [3.05, 3.63) is 59.7 Å². The van der Waals surface area contributed by atoms with Crippen LogP contribution in [0.3, 0.4) is 0 Å². The third-order valence-electron chi connectivity index (χ3n) is 5.11. The van der Waals surface area contributed by atoms with Crippen molar-refractivity contribution in [3.8, 4) is 22.9 Å². The van der Waals surface area contributed by atoms with Gasteiger partial charge in [-0.25, -0.2) is 0 Å². The van der Waals surface area contributed by atoms with Gasteiger partial charge in [0.2, 0.25) is 11.8 Å². The van der Waals surface area contributed by atoms with Crippen LogP contribution in [0.5, 0.6) is 0 Å². The van der Waals surface area contributed by atoms with Gasteiger partial charge in [-0.15, -0.1) is 10.2 Å². The largest absolute Gasteiger partial charge is 0.416 e. The fraction of sp³-hybridized carbons (Fsp3) is 0.318. The Morgan fingerprint density at radius 1 is 0.857 bits per heavy atom. The molecular formula is C22H24N4O2. The van der Waals surface area contributed by atoms with E-state index in [1.165, 1.54) is 5.56 Å². The summed E-state index contributed by atoms with van der Waals surface area (Å²) in [6.45, 7) is 5.54. The van der Waals surface area contributed by atoms with Crippen molar-refractivity contribution >= 4 is 5.91 Å². The molecule has 6 nitrogen and oxygen atoms in total. The standard InChI is InChI=1S/C22H24N4O2/c1-16-4-6-17(7-5-16)20-23-24-21(28-20)18-8-10-19(11-9-18)22(27)26-13-3-12-25(2)14-15-26/h4-11H,3,12-15H2,1-2H3. The number of hydrogen-bond donors (Lipinski definition) is 0. The van der Waals surface area contributed by atoms with Crippen LogP contribution in [0.2, 0.25) is 0 Å². The molecule has 1 amide bonds. The maximum Gasteiger partial charge on any atom is 0.253 e. The van der Waals surface area contributed by atoms with Crippen LogP contribution in [-0.2, 0) is 0 Å². The molecule has 1 aromatic heterocycles. The summed E-state index contributed by atoms with van der Waals surface area (Å²) in [5, 5.41) is 8.30. The topological polar surface area (TPSA) is 62.5 Å². The smallest absolute Gasteiger partial charge is 0.253 e. The number of carbonyl (C=O) groups excluding carboxylic acids is 1. The van der Waals surface area contributed by atoms with Gasteiger partial charge in [0.25, 0.3) is 5.91 Å². The Hall–Kier alpha value is -2.99. The zero-order valence-electron chi connectivity index (χ0n) is 16.3. The molecule has 0 spiro atoms. The Bertz CT molecular complexity index is 947. The highest BCUT2D eigenvalue weighted by Gasteiger charge is 2.19. The van der Waals surface area contributed by atoms with Crippen molar-refractivity contribution in [1.82, 2.24) is 20.0 Å². The Kier molecular flexibility index (Phi) is 5.21. The van der Waals surface area contributed by atoms with Crippen LogP contribution in [0.1, 0.15) is 22.3 Å². The molecule has 1 fully saturated rings. The van der Waals surface area contributed by atoms with Gasteiger partial charge in [0.05, 0.1) is 0 Å². The Balaban J connectivity index is 1.49. The maximum atomic E-state index is 12.8. The van der Waals surface area contributed by atoms with Gasteiger partial charge in [-0.05, 0) is 63.3 Å². The van der Waals surface area contributed by atoms with E-state index in [0.717, 1.165) is 43.7 Å². The summed E-state index contributed by atoms with van der Waals surface area (Å²) in [5.74, 6) is 1.02. The number of aryl methyl sites for hydroxylation is 1. The lowest BCUT2D eigenvalue weighted by Crippen LogP contribution is -2.34. The van der Waals surface area contributed by atoms with Gasteiger partial charge in [-0.3, -0.25) is 4.79 Å². The number of rotatable bonds is 3. The average Bonchev–Trinajstić information content (AvgIpc) is 3.11. The molecule has 1 aliphatic heterocycles. The minimum Gasteiger partial charge on any atom is -0.416 e. The molecule has 28 heavy (non-hydrogen) atoms. The monoisotopic (exact) mass is 376 g/mol. The number of nitrogens with zero attached hydrogens (tertiary/aromatic N) is 4. The third-order valence-corrected chi connectivity index (χ3v) is 5.11. The van der Waals surface area contributed by atoms with E-state index in [0.29, 0.717) is 17.3 Å². The lowest BCUT2D eigenvalue weighted by molar-refractivity contribution is 0.0763. The van der Waals surface area contributed by atoms with Crippen molar-refractivity contribution in [1.29, 1.82) is 0 Å². The number of aromatic nitrogens is 2. The minimum absolute atomic E-state index is 0.0766. The van der Waals surface area contributed by atoms with E-state index in [1.54, 1.807) is 0 Å².